The molecule has 0 amide bonds. The number of benzene rings is 1. The van der Waals surface area contributed by atoms with Gasteiger partial charge in [0.05, 0.1) is 4.47 Å². The van der Waals surface area contributed by atoms with E-state index < -0.39 is 11.6 Å². The first-order valence-electron chi connectivity index (χ1n) is 5.94. The Kier molecular flexibility index (Phi) is 4.15. The van der Waals surface area contributed by atoms with Gasteiger partial charge in [0.25, 0.3) is 0 Å². The first-order valence-corrected chi connectivity index (χ1v) is 6.73. The summed E-state index contributed by atoms with van der Waals surface area (Å²) in [5.74, 6) is -0.762. The second-order valence-electron chi connectivity index (χ2n) is 4.63. The molecule has 1 fully saturated rings. The summed E-state index contributed by atoms with van der Waals surface area (Å²) in [4.78, 5) is 0. The fourth-order valence-corrected chi connectivity index (χ4v) is 2.67. The van der Waals surface area contributed by atoms with Gasteiger partial charge in [-0.3, -0.25) is 0 Å². The molecule has 94 valence electrons. The minimum absolute atomic E-state index is 0.0834. The van der Waals surface area contributed by atoms with Crippen molar-refractivity contribution in [3.05, 3.63) is 33.8 Å². The number of hydrogen-bond acceptors (Lipinski definition) is 1. The number of hydrogen-bond donors (Lipinski definition) is 1. The second-order valence-corrected chi connectivity index (χ2v) is 5.42. The molecular weight excluding hydrogens is 288 g/mol. The van der Waals surface area contributed by atoms with Crippen LogP contribution in [0.4, 0.5) is 8.78 Å². The summed E-state index contributed by atoms with van der Waals surface area (Å²) in [6.45, 7) is 0. The third-order valence-electron chi connectivity index (χ3n) is 3.35. The highest BCUT2D eigenvalue weighted by Gasteiger charge is 2.24. The van der Waals surface area contributed by atoms with Crippen LogP contribution < -0.4 is 5.32 Å². The van der Waals surface area contributed by atoms with E-state index in [1.165, 1.54) is 18.9 Å². The van der Waals surface area contributed by atoms with E-state index >= 15 is 0 Å². The fourth-order valence-electron chi connectivity index (χ4n) is 2.07. The SMILES string of the molecule is CNC(CCC1CC1)c1ccc(F)c(F)c1Br. The van der Waals surface area contributed by atoms with Crippen molar-refractivity contribution in [2.75, 3.05) is 7.05 Å². The van der Waals surface area contributed by atoms with Gasteiger partial charge in [0, 0.05) is 6.04 Å². The van der Waals surface area contributed by atoms with Crippen LogP contribution in [0.1, 0.15) is 37.3 Å². The minimum Gasteiger partial charge on any atom is -0.313 e. The summed E-state index contributed by atoms with van der Waals surface area (Å²) in [6.07, 6.45) is 4.74. The third-order valence-corrected chi connectivity index (χ3v) is 4.16. The molecule has 1 aliphatic rings. The van der Waals surface area contributed by atoms with Crippen LogP contribution in [0.25, 0.3) is 0 Å². The van der Waals surface area contributed by atoms with Gasteiger partial charge in [0.1, 0.15) is 0 Å². The van der Waals surface area contributed by atoms with Gasteiger partial charge in [-0.15, -0.1) is 0 Å². The maximum absolute atomic E-state index is 13.4. The van der Waals surface area contributed by atoms with Crippen molar-refractivity contribution in [2.45, 2.75) is 31.7 Å². The molecule has 0 aromatic heterocycles. The highest BCUT2D eigenvalue weighted by atomic mass is 79.9. The summed E-state index contributed by atoms with van der Waals surface area (Å²) in [5.41, 5.74) is 0.798. The largest absolute Gasteiger partial charge is 0.313 e. The standard InChI is InChI=1S/C13H16BrF2N/c1-17-11(7-4-8-2-3-8)9-5-6-10(15)13(16)12(9)14/h5-6,8,11,17H,2-4,7H2,1H3. The molecule has 1 saturated carbocycles. The maximum atomic E-state index is 13.4. The zero-order chi connectivity index (χ0) is 12.4. The smallest absolute Gasteiger partial charge is 0.173 e. The molecule has 0 spiro atoms. The van der Waals surface area contributed by atoms with Crippen molar-refractivity contribution in [1.82, 2.24) is 5.32 Å². The van der Waals surface area contributed by atoms with E-state index in [1.54, 1.807) is 6.07 Å². The van der Waals surface area contributed by atoms with E-state index in [2.05, 4.69) is 21.2 Å². The van der Waals surface area contributed by atoms with Crippen LogP contribution in [-0.2, 0) is 0 Å². The van der Waals surface area contributed by atoms with E-state index in [0.29, 0.717) is 0 Å². The van der Waals surface area contributed by atoms with Crippen molar-refractivity contribution in [1.29, 1.82) is 0 Å². The molecule has 1 nitrogen and oxygen atoms in total. The normalized spacial score (nSPS) is 17.2. The van der Waals surface area contributed by atoms with Crippen LogP contribution in [0.15, 0.2) is 16.6 Å². The van der Waals surface area contributed by atoms with Crippen molar-refractivity contribution >= 4 is 15.9 Å². The molecule has 1 aromatic rings. The van der Waals surface area contributed by atoms with E-state index in [-0.39, 0.29) is 10.5 Å². The van der Waals surface area contributed by atoms with Crippen molar-refractivity contribution in [3.63, 3.8) is 0 Å². The zero-order valence-corrected chi connectivity index (χ0v) is 11.4. The Bertz CT molecular complexity index is 405. The van der Waals surface area contributed by atoms with E-state index in [4.69, 9.17) is 0 Å². The van der Waals surface area contributed by atoms with Crippen LogP contribution in [-0.4, -0.2) is 7.05 Å². The van der Waals surface area contributed by atoms with E-state index in [0.717, 1.165) is 24.3 Å². The first kappa shape index (κ1) is 13.0. The van der Waals surface area contributed by atoms with E-state index in [9.17, 15) is 8.78 Å². The van der Waals surface area contributed by atoms with E-state index in [1.807, 2.05) is 7.05 Å². The molecule has 1 aliphatic carbocycles. The Hall–Kier alpha value is -0.480. The summed E-state index contributed by atoms with van der Waals surface area (Å²) in [5, 5.41) is 3.17. The lowest BCUT2D eigenvalue weighted by Gasteiger charge is -2.18. The molecule has 1 atom stereocenters. The summed E-state index contributed by atoms with van der Waals surface area (Å²) in [7, 11) is 1.85. The van der Waals surface area contributed by atoms with Crippen LogP contribution >= 0.6 is 15.9 Å². The highest BCUT2D eigenvalue weighted by molar-refractivity contribution is 9.10. The molecule has 0 radical (unpaired) electrons. The molecular formula is C13H16BrF2N. The third kappa shape index (κ3) is 3.05. The van der Waals surface area contributed by atoms with Gasteiger partial charge in [0.2, 0.25) is 0 Å². The second kappa shape index (κ2) is 5.44. The molecule has 1 aromatic carbocycles. The Morgan fingerprint density at radius 1 is 1.41 bits per heavy atom. The van der Waals surface area contributed by atoms with Gasteiger partial charge in [-0.25, -0.2) is 8.78 Å². The average Bonchev–Trinajstić information content (AvgIpc) is 3.13. The summed E-state index contributed by atoms with van der Waals surface area (Å²) >= 11 is 3.14. The number of rotatable bonds is 5. The Morgan fingerprint density at radius 3 is 2.71 bits per heavy atom. The minimum atomic E-state index is -0.808. The predicted octanol–water partition coefficient (Wildman–Crippen LogP) is 4.18. The van der Waals surface area contributed by atoms with Gasteiger partial charge < -0.3 is 5.32 Å². The van der Waals surface area contributed by atoms with Gasteiger partial charge >= 0.3 is 0 Å². The van der Waals surface area contributed by atoms with Gasteiger partial charge in [-0.1, -0.05) is 18.9 Å². The Morgan fingerprint density at radius 2 is 2.12 bits per heavy atom. The first-order chi connectivity index (χ1) is 8.13. The van der Waals surface area contributed by atoms with Crippen LogP contribution in [0.2, 0.25) is 0 Å². The Balaban J connectivity index is 2.14. The lowest BCUT2D eigenvalue weighted by molar-refractivity contribution is 0.480. The van der Waals surface area contributed by atoms with Gasteiger partial charge in [-0.2, -0.15) is 0 Å². The molecule has 0 bridgehead atoms. The van der Waals surface area contributed by atoms with Crippen LogP contribution in [0.3, 0.4) is 0 Å². The molecule has 1 N–H and O–H groups in total. The molecule has 0 saturated heterocycles. The lowest BCUT2D eigenvalue weighted by atomic mass is 10.0. The summed E-state index contributed by atoms with van der Waals surface area (Å²) < 4.78 is 26.7. The van der Waals surface area contributed by atoms with Crippen LogP contribution in [0.5, 0.6) is 0 Å². The zero-order valence-electron chi connectivity index (χ0n) is 9.77. The highest BCUT2D eigenvalue weighted by Crippen LogP contribution is 2.37. The monoisotopic (exact) mass is 303 g/mol. The van der Waals surface area contributed by atoms with Crippen molar-refractivity contribution < 1.29 is 8.78 Å². The maximum Gasteiger partial charge on any atom is 0.173 e. The predicted molar refractivity (Wildman–Crippen MR) is 67.8 cm³/mol. The molecule has 0 aliphatic heterocycles. The van der Waals surface area contributed by atoms with Gasteiger partial charge in [-0.05, 0) is 53.4 Å². The van der Waals surface area contributed by atoms with Crippen LogP contribution in [0, 0.1) is 17.6 Å². The summed E-state index contributed by atoms with van der Waals surface area (Å²) in [6, 6.07) is 2.92. The molecule has 1 unspecified atom stereocenters. The van der Waals surface area contributed by atoms with Crippen molar-refractivity contribution in [3.8, 4) is 0 Å². The van der Waals surface area contributed by atoms with Crippen molar-refractivity contribution in [2.24, 2.45) is 5.92 Å². The topological polar surface area (TPSA) is 12.0 Å². The molecule has 0 heterocycles. The molecule has 17 heavy (non-hydrogen) atoms. The van der Waals surface area contributed by atoms with Gasteiger partial charge in [0.15, 0.2) is 11.6 Å². The lowest BCUT2D eigenvalue weighted by Crippen LogP contribution is -2.17. The quantitative estimate of drug-likeness (QED) is 0.805. The fraction of sp³-hybridized carbons (Fsp3) is 0.538. The Labute approximate surface area is 109 Å². The number of halogens is 3. The molecule has 2 rings (SSSR count). The molecule has 4 heteroatoms. The average molecular weight is 304 g/mol. The number of nitrogens with one attached hydrogen (secondary N) is 1.